The Morgan fingerprint density at radius 3 is 2.86 bits per heavy atom. The fourth-order valence-electron chi connectivity index (χ4n) is 1.65. The number of carbonyl (C=O) groups is 1. The van der Waals surface area contributed by atoms with Crippen molar-refractivity contribution in [2.75, 3.05) is 12.0 Å². The van der Waals surface area contributed by atoms with Crippen LogP contribution in [0.5, 0.6) is 0 Å². The van der Waals surface area contributed by atoms with Crippen LogP contribution in [-0.4, -0.2) is 40.0 Å². The van der Waals surface area contributed by atoms with Gasteiger partial charge in [0.1, 0.15) is 12.2 Å². The van der Waals surface area contributed by atoms with Gasteiger partial charge in [-0.3, -0.25) is 10.1 Å². The van der Waals surface area contributed by atoms with Crippen LogP contribution in [-0.2, 0) is 9.53 Å². The van der Waals surface area contributed by atoms with E-state index in [2.05, 4.69) is 14.7 Å². The van der Waals surface area contributed by atoms with Gasteiger partial charge in [0.2, 0.25) is 11.1 Å². The zero-order valence-corrected chi connectivity index (χ0v) is 11.9. The first-order valence-electron chi connectivity index (χ1n) is 9.17. The number of hydrogen-bond acceptors (Lipinski definition) is 7. The number of halogens is 1. The zero-order valence-electron chi connectivity index (χ0n) is 18.2. The molecular weight excluding hydrogens is 300 g/mol. The summed E-state index contributed by atoms with van der Waals surface area (Å²) in [7, 11) is 0.959. The van der Waals surface area contributed by atoms with Gasteiger partial charge < -0.3 is 9.64 Å². The number of hydrogen-bond donors (Lipinski definition) is 0. The Hall–Kier alpha value is -1.96. The summed E-state index contributed by atoms with van der Waals surface area (Å²) in [5.41, 5.74) is -0.933. The highest BCUT2D eigenvalue weighted by molar-refractivity contribution is 6.28. The molecule has 1 heterocycles. The minimum absolute atomic E-state index is 0.252. The van der Waals surface area contributed by atoms with Crippen LogP contribution < -0.4 is 4.90 Å². The highest BCUT2D eigenvalue weighted by Gasteiger charge is 2.33. The number of aromatic nitrogens is 2. The average Bonchev–Trinajstić information content (AvgIpc) is 2.55. The van der Waals surface area contributed by atoms with Crippen LogP contribution in [0.3, 0.4) is 0 Å². The van der Waals surface area contributed by atoms with Crippen LogP contribution in [0.2, 0.25) is 5.28 Å². The topological polar surface area (TPSA) is 98.5 Å². The van der Waals surface area contributed by atoms with Crippen molar-refractivity contribution in [3.05, 3.63) is 21.6 Å². The molecule has 0 aliphatic carbocycles. The highest BCUT2D eigenvalue weighted by atomic mass is 35.5. The zero-order chi connectivity index (χ0) is 22.1. The second kappa shape index (κ2) is 7.16. The third-order valence-electron chi connectivity index (χ3n) is 2.56. The van der Waals surface area contributed by atoms with E-state index in [-0.39, 0.29) is 11.3 Å². The van der Waals surface area contributed by atoms with Crippen molar-refractivity contribution in [2.24, 2.45) is 0 Å². The molecular formula is C12H17ClN4O4. The van der Waals surface area contributed by atoms with Crippen molar-refractivity contribution >= 4 is 29.1 Å². The molecule has 1 aromatic heterocycles. The molecule has 0 fully saturated rings. The van der Waals surface area contributed by atoms with Crippen LogP contribution in [0.1, 0.15) is 36.6 Å². The van der Waals surface area contributed by atoms with Gasteiger partial charge in [0.15, 0.2) is 0 Å². The molecule has 0 N–H and O–H groups in total. The lowest BCUT2D eigenvalue weighted by Gasteiger charge is -2.33. The predicted octanol–water partition coefficient (Wildman–Crippen LogP) is 2.20. The third-order valence-corrected chi connectivity index (χ3v) is 2.74. The van der Waals surface area contributed by atoms with E-state index in [9.17, 15) is 14.9 Å². The number of methoxy groups -OCH3 is 1. The molecule has 116 valence electrons. The van der Waals surface area contributed by atoms with E-state index >= 15 is 0 Å². The summed E-state index contributed by atoms with van der Waals surface area (Å²) in [5, 5.41) is 10.8. The lowest BCUT2D eigenvalue weighted by molar-refractivity contribution is -0.384. The minimum Gasteiger partial charge on any atom is -0.467 e. The molecule has 0 aromatic carbocycles. The fraction of sp³-hybridized carbons (Fsp3) is 0.583. The maximum Gasteiger partial charge on any atom is 0.329 e. The Balaban J connectivity index is 4.05. The van der Waals surface area contributed by atoms with Gasteiger partial charge in [-0.2, -0.15) is 4.98 Å². The number of esters is 1. The monoisotopic (exact) mass is 323 g/mol. The standard InChI is InChI=1S/C12H17ClN4O4/c1-5-8(11(18)21-4)16(7(2)3)10-9(17(19)20)6-14-12(13)15-10/h6-8H,5H2,1-4H3/t8-/m1/s1/i2D3,3D3,7D. The Bertz CT molecular complexity index is 744. The van der Waals surface area contributed by atoms with E-state index in [0.29, 0.717) is 6.20 Å². The molecule has 1 rings (SSSR count). The average molecular weight is 324 g/mol. The number of anilines is 1. The summed E-state index contributed by atoms with van der Waals surface area (Å²) in [6.07, 6.45) is 0.374. The van der Waals surface area contributed by atoms with Crippen LogP contribution >= 0.6 is 11.6 Å². The number of carbonyl (C=O) groups excluding carboxylic acids is 1. The van der Waals surface area contributed by atoms with Gasteiger partial charge in [0, 0.05) is 14.2 Å². The molecule has 0 saturated carbocycles. The number of nitrogens with zero attached hydrogens (tertiary/aromatic N) is 4. The molecule has 8 nitrogen and oxygen atoms in total. The SMILES string of the molecule is [2H]C([2H])([2H])C([2H])(N(c1nc(Cl)ncc1[N+](=O)[O-])[C@H](CC)C(=O)OC)C([2H])([2H])[2H]. The van der Waals surface area contributed by atoms with Gasteiger partial charge in [0.05, 0.1) is 13.4 Å². The Labute approximate surface area is 137 Å². The quantitative estimate of drug-likeness (QED) is 0.342. The molecule has 21 heavy (non-hydrogen) atoms. The fourth-order valence-corrected chi connectivity index (χ4v) is 1.78. The van der Waals surface area contributed by atoms with Gasteiger partial charge in [-0.05, 0) is 31.7 Å². The third kappa shape index (κ3) is 3.78. The Morgan fingerprint density at radius 2 is 2.38 bits per heavy atom. The van der Waals surface area contributed by atoms with Crippen LogP contribution in [0, 0.1) is 10.1 Å². The Kier molecular flexibility index (Phi) is 3.12. The highest BCUT2D eigenvalue weighted by Crippen LogP contribution is 2.30. The van der Waals surface area contributed by atoms with E-state index in [4.69, 9.17) is 21.2 Å². The lowest BCUT2D eigenvalue weighted by Crippen LogP contribution is -2.46. The van der Waals surface area contributed by atoms with E-state index < -0.39 is 53.4 Å². The number of rotatable bonds is 6. The summed E-state index contributed by atoms with van der Waals surface area (Å²) < 4.78 is 59.0. The summed E-state index contributed by atoms with van der Waals surface area (Å²) in [5.74, 6) is -2.01. The molecule has 1 atom stereocenters. The number of nitro groups is 1. The molecule has 0 saturated heterocycles. The summed E-state index contributed by atoms with van der Waals surface area (Å²) in [4.78, 5) is 29.9. The molecule has 0 aliphatic heterocycles. The minimum atomic E-state index is -3.55. The maximum atomic E-state index is 12.3. The van der Waals surface area contributed by atoms with Crippen molar-refractivity contribution in [1.29, 1.82) is 0 Å². The van der Waals surface area contributed by atoms with Gasteiger partial charge in [0.25, 0.3) is 0 Å². The van der Waals surface area contributed by atoms with Crippen molar-refractivity contribution in [2.45, 2.75) is 39.1 Å². The molecule has 9 heteroatoms. The van der Waals surface area contributed by atoms with Gasteiger partial charge in [-0.25, -0.2) is 9.78 Å². The van der Waals surface area contributed by atoms with Crippen molar-refractivity contribution in [3.63, 3.8) is 0 Å². The first-order chi connectivity index (χ1) is 12.6. The normalized spacial score (nSPS) is 18.7. The van der Waals surface area contributed by atoms with Gasteiger partial charge in [-0.1, -0.05) is 6.92 Å². The van der Waals surface area contributed by atoms with Crippen molar-refractivity contribution < 1.29 is 24.1 Å². The van der Waals surface area contributed by atoms with E-state index in [0.717, 1.165) is 7.11 Å². The van der Waals surface area contributed by atoms with E-state index in [1.54, 1.807) is 0 Å². The summed E-state index contributed by atoms with van der Waals surface area (Å²) >= 11 is 5.68. The smallest absolute Gasteiger partial charge is 0.329 e. The maximum absolute atomic E-state index is 12.3. The largest absolute Gasteiger partial charge is 0.467 e. The molecule has 1 aromatic rings. The predicted molar refractivity (Wildman–Crippen MR) is 77.4 cm³/mol. The molecule has 0 unspecified atom stereocenters. The van der Waals surface area contributed by atoms with Gasteiger partial charge in [-0.15, -0.1) is 0 Å². The second-order valence-corrected chi connectivity index (χ2v) is 4.11. The van der Waals surface area contributed by atoms with Crippen LogP contribution in [0.4, 0.5) is 11.5 Å². The second-order valence-electron chi connectivity index (χ2n) is 3.77. The van der Waals surface area contributed by atoms with E-state index in [1.165, 1.54) is 6.92 Å². The van der Waals surface area contributed by atoms with Gasteiger partial charge >= 0.3 is 11.7 Å². The Morgan fingerprint density at radius 1 is 1.71 bits per heavy atom. The molecule has 0 radical (unpaired) electrons. The van der Waals surface area contributed by atoms with Crippen molar-refractivity contribution in [3.8, 4) is 0 Å². The summed E-state index contributed by atoms with van der Waals surface area (Å²) in [6.45, 7) is -5.72. The molecule has 0 aliphatic rings. The summed E-state index contributed by atoms with van der Waals surface area (Å²) in [6, 6.07) is -5.20. The van der Waals surface area contributed by atoms with Crippen LogP contribution in [0.25, 0.3) is 0 Å². The van der Waals surface area contributed by atoms with Crippen molar-refractivity contribution in [1.82, 2.24) is 9.97 Å². The molecule has 0 spiro atoms. The first-order valence-corrected chi connectivity index (χ1v) is 6.05. The van der Waals surface area contributed by atoms with E-state index in [1.807, 2.05) is 0 Å². The molecule has 0 amide bonds. The van der Waals surface area contributed by atoms with Crippen LogP contribution in [0.15, 0.2) is 6.20 Å². The lowest BCUT2D eigenvalue weighted by atomic mass is 10.1. The first kappa shape index (κ1) is 9.14. The molecule has 0 bridgehead atoms. The number of ether oxygens (including phenoxy) is 1.